The van der Waals surface area contributed by atoms with Crippen molar-refractivity contribution in [1.82, 2.24) is 9.97 Å². The van der Waals surface area contributed by atoms with E-state index in [-0.39, 0.29) is 27.1 Å². The Labute approximate surface area is 128 Å². The van der Waals surface area contributed by atoms with Gasteiger partial charge in [0.15, 0.2) is 0 Å². The molecule has 2 aromatic rings. The smallest absolute Gasteiger partial charge is 0.346 e. The molecular weight excluding hydrogens is 319 g/mol. The molecule has 1 heterocycles. The number of carboxylic acids is 1. The Morgan fingerprint density at radius 3 is 2.86 bits per heavy atom. The molecule has 110 valence electrons. The van der Waals surface area contributed by atoms with Crippen LogP contribution in [0, 0.1) is 12.7 Å². The van der Waals surface area contributed by atoms with Crippen molar-refractivity contribution in [2.24, 2.45) is 0 Å². The van der Waals surface area contributed by atoms with Crippen molar-refractivity contribution in [3.63, 3.8) is 0 Å². The SMILES string of the molecule is Cc1[nH]c(=O)nc(SCc2ccc(Cl)cc2F)c1C(=O)O. The highest BCUT2D eigenvalue weighted by molar-refractivity contribution is 7.98. The zero-order valence-corrected chi connectivity index (χ0v) is 12.4. The molecule has 21 heavy (non-hydrogen) atoms. The van der Waals surface area contributed by atoms with E-state index in [4.69, 9.17) is 16.7 Å². The van der Waals surface area contributed by atoms with Crippen LogP contribution in [0.3, 0.4) is 0 Å². The number of benzene rings is 1. The van der Waals surface area contributed by atoms with Crippen LogP contribution in [-0.2, 0) is 5.75 Å². The van der Waals surface area contributed by atoms with E-state index in [9.17, 15) is 14.0 Å². The summed E-state index contributed by atoms with van der Waals surface area (Å²) in [6, 6.07) is 4.21. The molecule has 0 aliphatic rings. The molecule has 8 heteroatoms. The fourth-order valence-electron chi connectivity index (χ4n) is 1.70. The maximum atomic E-state index is 13.7. The molecule has 0 aliphatic carbocycles. The van der Waals surface area contributed by atoms with Gasteiger partial charge in [-0.1, -0.05) is 17.7 Å². The van der Waals surface area contributed by atoms with E-state index in [2.05, 4.69) is 9.97 Å². The van der Waals surface area contributed by atoms with Crippen LogP contribution in [0.25, 0.3) is 0 Å². The summed E-state index contributed by atoms with van der Waals surface area (Å²) in [5.74, 6) is -1.55. The second-order valence-electron chi connectivity index (χ2n) is 4.18. The Morgan fingerprint density at radius 2 is 2.24 bits per heavy atom. The molecule has 0 fully saturated rings. The fraction of sp³-hybridized carbons (Fsp3) is 0.154. The first-order valence-corrected chi connectivity index (χ1v) is 7.15. The third-order valence-electron chi connectivity index (χ3n) is 2.68. The quantitative estimate of drug-likeness (QED) is 0.666. The average Bonchev–Trinajstić information content (AvgIpc) is 2.36. The molecule has 0 bridgehead atoms. The lowest BCUT2D eigenvalue weighted by Crippen LogP contribution is -2.18. The molecule has 1 aromatic carbocycles. The van der Waals surface area contributed by atoms with Crippen molar-refractivity contribution < 1.29 is 14.3 Å². The third-order valence-corrected chi connectivity index (χ3v) is 3.94. The monoisotopic (exact) mass is 328 g/mol. The molecule has 0 aliphatic heterocycles. The van der Waals surface area contributed by atoms with Crippen molar-refractivity contribution in [1.29, 1.82) is 0 Å². The van der Waals surface area contributed by atoms with E-state index in [1.54, 1.807) is 0 Å². The molecule has 5 nitrogen and oxygen atoms in total. The van der Waals surface area contributed by atoms with Gasteiger partial charge in [0, 0.05) is 16.5 Å². The third kappa shape index (κ3) is 3.62. The Morgan fingerprint density at radius 1 is 1.52 bits per heavy atom. The topological polar surface area (TPSA) is 83.0 Å². The summed E-state index contributed by atoms with van der Waals surface area (Å²) >= 11 is 6.64. The minimum Gasteiger partial charge on any atom is -0.478 e. The number of carbonyl (C=O) groups is 1. The van der Waals surface area contributed by atoms with Crippen LogP contribution in [0.2, 0.25) is 5.02 Å². The van der Waals surface area contributed by atoms with Gasteiger partial charge in [-0.05, 0) is 24.6 Å². The Hall–Kier alpha value is -1.86. The molecule has 0 unspecified atom stereocenters. The van der Waals surface area contributed by atoms with Crippen molar-refractivity contribution >= 4 is 29.3 Å². The number of aryl methyl sites for hydroxylation is 1. The Balaban J connectivity index is 2.31. The first-order chi connectivity index (χ1) is 9.88. The van der Waals surface area contributed by atoms with Crippen LogP contribution in [0.15, 0.2) is 28.0 Å². The number of aromatic nitrogens is 2. The van der Waals surface area contributed by atoms with Crippen molar-refractivity contribution in [2.45, 2.75) is 17.7 Å². The molecule has 0 spiro atoms. The number of aromatic amines is 1. The van der Waals surface area contributed by atoms with Crippen molar-refractivity contribution in [3.8, 4) is 0 Å². The van der Waals surface area contributed by atoms with E-state index in [1.165, 1.54) is 25.1 Å². The van der Waals surface area contributed by atoms with Crippen molar-refractivity contribution in [3.05, 3.63) is 56.3 Å². The van der Waals surface area contributed by atoms with Gasteiger partial charge in [-0.25, -0.2) is 14.0 Å². The van der Waals surface area contributed by atoms with E-state index in [0.717, 1.165) is 11.8 Å². The number of hydrogen-bond acceptors (Lipinski definition) is 4. The van der Waals surface area contributed by atoms with Gasteiger partial charge in [0.05, 0.1) is 0 Å². The summed E-state index contributed by atoms with van der Waals surface area (Å²) in [4.78, 5) is 28.5. The minimum absolute atomic E-state index is 0.0538. The molecule has 2 N–H and O–H groups in total. The van der Waals surface area contributed by atoms with Crippen LogP contribution >= 0.6 is 23.4 Å². The number of carboxylic acid groups (broad SMARTS) is 1. The Bertz CT molecular complexity index is 764. The second kappa shape index (κ2) is 6.28. The standard InChI is InChI=1S/C13H10ClFN2O3S/c1-6-10(12(18)19)11(17-13(20)16-6)21-5-7-2-3-8(14)4-9(7)15/h2-4H,5H2,1H3,(H,18,19)(H,16,17,20). The lowest BCUT2D eigenvalue weighted by atomic mass is 10.2. The van der Waals surface area contributed by atoms with Gasteiger partial charge in [0.1, 0.15) is 16.4 Å². The summed E-state index contributed by atoms with van der Waals surface area (Å²) < 4.78 is 13.7. The summed E-state index contributed by atoms with van der Waals surface area (Å²) in [5.41, 5.74) is -0.174. The van der Waals surface area contributed by atoms with E-state index >= 15 is 0 Å². The van der Waals surface area contributed by atoms with Crippen LogP contribution < -0.4 is 5.69 Å². The highest BCUT2D eigenvalue weighted by atomic mass is 35.5. The molecule has 2 rings (SSSR count). The molecule has 0 saturated carbocycles. The predicted molar refractivity (Wildman–Crippen MR) is 77.5 cm³/mol. The number of hydrogen-bond donors (Lipinski definition) is 2. The molecule has 1 aromatic heterocycles. The Kier molecular flexibility index (Phi) is 4.64. The highest BCUT2D eigenvalue weighted by Gasteiger charge is 2.17. The van der Waals surface area contributed by atoms with Crippen molar-refractivity contribution in [2.75, 3.05) is 0 Å². The number of aromatic carboxylic acids is 1. The lowest BCUT2D eigenvalue weighted by molar-refractivity contribution is 0.0690. The zero-order chi connectivity index (χ0) is 15.6. The second-order valence-corrected chi connectivity index (χ2v) is 5.58. The average molecular weight is 329 g/mol. The van der Waals surface area contributed by atoms with Gasteiger partial charge in [-0.3, -0.25) is 0 Å². The van der Waals surface area contributed by atoms with Crippen LogP contribution in [0.1, 0.15) is 21.6 Å². The van der Waals surface area contributed by atoms with E-state index in [0.29, 0.717) is 5.56 Å². The van der Waals surface area contributed by atoms with E-state index < -0.39 is 17.5 Å². The molecular formula is C13H10ClFN2O3S. The molecule has 0 atom stereocenters. The van der Waals surface area contributed by atoms with Crippen LogP contribution in [0.4, 0.5) is 4.39 Å². The lowest BCUT2D eigenvalue weighted by Gasteiger charge is -2.07. The summed E-state index contributed by atoms with van der Waals surface area (Å²) in [6.45, 7) is 1.47. The number of halogens is 2. The maximum Gasteiger partial charge on any atom is 0.346 e. The molecule has 0 radical (unpaired) electrons. The fourth-order valence-corrected chi connectivity index (χ4v) is 2.92. The number of nitrogens with zero attached hydrogens (tertiary/aromatic N) is 1. The van der Waals surface area contributed by atoms with Crippen LogP contribution in [0.5, 0.6) is 0 Å². The van der Waals surface area contributed by atoms with E-state index in [1.807, 2.05) is 0 Å². The first-order valence-electron chi connectivity index (χ1n) is 5.79. The number of nitrogens with one attached hydrogen (secondary N) is 1. The largest absolute Gasteiger partial charge is 0.478 e. The normalized spacial score (nSPS) is 10.6. The predicted octanol–water partition coefficient (Wildman–Crippen LogP) is 2.86. The van der Waals surface area contributed by atoms with Gasteiger partial charge in [-0.2, -0.15) is 4.98 Å². The van der Waals surface area contributed by atoms with Gasteiger partial charge in [0.2, 0.25) is 0 Å². The highest BCUT2D eigenvalue weighted by Crippen LogP contribution is 2.26. The van der Waals surface area contributed by atoms with Crippen LogP contribution in [-0.4, -0.2) is 21.0 Å². The zero-order valence-electron chi connectivity index (χ0n) is 10.8. The molecule has 0 saturated heterocycles. The summed E-state index contributed by atoms with van der Waals surface area (Å²) in [6.07, 6.45) is 0. The number of thioether (sulfide) groups is 1. The van der Waals surface area contributed by atoms with Gasteiger partial charge >= 0.3 is 11.7 Å². The van der Waals surface area contributed by atoms with Gasteiger partial charge < -0.3 is 10.1 Å². The minimum atomic E-state index is -1.20. The molecule has 0 amide bonds. The first kappa shape index (κ1) is 15.5. The number of rotatable bonds is 4. The van der Waals surface area contributed by atoms with Gasteiger partial charge in [-0.15, -0.1) is 11.8 Å². The number of H-pyrrole nitrogens is 1. The maximum absolute atomic E-state index is 13.7. The van der Waals surface area contributed by atoms with Gasteiger partial charge in [0.25, 0.3) is 0 Å². The summed E-state index contributed by atoms with van der Waals surface area (Å²) in [7, 11) is 0. The summed E-state index contributed by atoms with van der Waals surface area (Å²) in [5, 5.41) is 9.49.